The average Bonchev–Trinajstić information content (AvgIpc) is 2.29. The van der Waals surface area contributed by atoms with Crippen molar-refractivity contribution in [2.75, 3.05) is 0 Å². The van der Waals surface area contributed by atoms with Gasteiger partial charge in [-0.25, -0.2) is 5.48 Å². The van der Waals surface area contributed by atoms with Crippen LogP contribution < -0.4 is 10.3 Å². The largest absolute Gasteiger partial charge is 0.506 e. The van der Waals surface area contributed by atoms with E-state index in [1.165, 1.54) is 6.20 Å². The van der Waals surface area contributed by atoms with Crippen LogP contribution in [0.25, 0.3) is 16.5 Å². The summed E-state index contributed by atoms with van der Waals surface area (Å²) in [6.07, 6.45) is 1.44. The van der Waals surface area contributed by atoms with E-state index in [1.54, 1.807) is 0 Å². The maximum Gasteiger partial charge on any atom is 0.166 e. The molecule has 3 rings (SSSR count). The van der Waals surface area contributed by atoms with Crippen LogP contribution in [0.1, 0.15) is 5.56 Å². The van der Waals surface area contributed by atoms with Crippen LogP contribution >= 0.6 is 12.4 Å². The molecular formula is C12H10ClNO2. The molecular weight excluding hydrogens is 226 g/mol. The van der Waals surface area contributed by atoms with Gasteiger partial charge in [-0.2, -0.15) is 0 Å². The Kier molecular flexibility index (Phi) is 2.62. The van der Waals surface area contributed by atoms with Gasteiger partial charge in [-0.05, 0) is 16.8 Å². The Bertz CT molecular complexity index is 566. The predicted molar refractivity (Wildman–Crippen MR) is 65.6 cm³/mol. The molecule has 0 aromatic heterocycles. The third-order valence-corrected chi connectivity index (χ3v) is 2.51. The highest BCUT2D eigenvalue weighted by molar-refractivity contribution is 5.95. The number of aliphatic hydroxyl groups is 1. The van der Waals surface area contributed by atoms with E-state index in [0.717, 1.165) is 16.3 Å². The maximum atomic E-state index is 9.78. The summed E-state index contributed by atoms with van der Waals surface area (Å²) in [7, 11) is 0. The molecule has 0 aliphatic carbocycles. The minimum Gasteiger partial charge on any atom is -0.506 e. The Hall–Kier alpha value is -1.87. The molecule has 2 N–H and O–H groups in total. The van der Waals surface area contributed by atoms with Crippen molar-refractivity contribution >= 4 is 28.9 Å². The molecule has 2 aromatic rings. The van der Waals surface area contributed by atoms with Crippen molar-refractivity contribution in [3.05, 3.63) is 48.2 Å². The summed E-state index contributed by atoms with van der Waals surface area (Å²) in [6.45, 7) is 0. The zero-order valence-corrected chi connectivity index (χ0v) is 9.12. The van der Waals surface area contributed by atoms with Crippen LogP contribution in [0.15, 0.2) is 42.6 Å². The van der Waals surface area contributed by atoms with Gasteiger partial charge in [-0.15, -0.1) is 12.4 Å². The highest BCUT2D eigenvalue weighted by Gasteiger charge is 2.16. The molecule has 0 saturated carbocycles. The minimum atomic E-state index is 0. The normalized spacial score (nSPS) is 12.9. The van der Waals surface area contributed by atoms with Crippen molar-refractivity contribution in [2.24, 2.45) is 0 Å². The smallest absolute Gasteiger partial charge is 0.166 e. The van der Waals surface area contributed by atoms with E-state index in [9.17, 15) is 5.11 Å². The Morgan fingerprint density at radius 2 is 1.88 bits per heavy atom. The summed E-state index contributed by atoms with van der Waals surface area (Å²) >= 11 is 0. The van der Waals surface area contributed by atoms with Gasteiger partial charge in [0.15, 0.2) is 5.75 Å². The molecule has 0 fully saturated rings. The van der Waals surface area contributed by atoms with Crippen LogP contribution in [0.2, 0.25) is 0 Å². The van der Waals surface area contributed by atoms with Gasteiger partial charge >= 0.3 is 0 Å². The van der Waals surface area contributed by atoms with E-state index >= 15 is 0 Å². The van der Waals surface area contributed by atoms with Crippen LogP contribution in [0.3, 0.4) is 0 Å². The number of rotatable bonds is 0. The van der Waals surface area contributed by atoms with E-state index in [0.29, 0.717) is 5.75 Å². The SMILES string of the molecule is Cl.OC1=CNOc2ccc3ccccc3c21. The summed E-state index contributed by atoms with van der Waals surface area (Å²) in [4.78, 5) is 5.22. The fourth-order valence-electron chi connectivity index (χ4n) is 1.82. The first-order valence-electron chi connectivity index (χ1n) is 4.70. The van der Waals surface area contributed by atoms with Crippen molar-refractivity contribution in [1.82, 2.24) is 5.48 Å². The molecule has 0 unspecified atom stereocenters. The van der Waals surface area contributed by atoms with Crippen molar-refractivity contribution in [3.63, 3.8) is 0 Å². The topological polar surface area (TPSA) is 41.5 Å². The highest BCUT2D eigenvalue weighted by Crippen LogP contribution is 2.33. The minimum absolute atomic E-state index is 0. The first kappa shape index (κ1) is 10.6. The lowest BCUT2D eigenvalue weighted by atomic mass is 10.0. The lowest BCUT2D eigenvalue weighted by Crippen LogP contribution is -2.17. The van der Waals surface area contributed by atoms with E-state index in [-0.39, 0.29) is 18.2 Å². The number of fused-ring (bicyclic) bond motifs is 3. The molecule has 82 valence electrons. The van der Waals surface area contributed by atoms with Gasteiger partial charge in [0, 0.05) is 0 Å². The van der Waals surface area contributed by atoms with E-state index in [1.807, 2.05) is 36.4 Å². The Labute approximate surface area is 98.7 Å². The molecule has 0 spiro atoms. The van der Waals surface area contributed by atoms with Gasteiger partial charge in [0.25, 0.3) is 0 Å². The first-order chi connectivity index (χ1) is 7.36. The molecule has 1 aliphatic rings. The van der Waals surface area contributed by atoms with E-state index in [2.05, 4.69) is 5.48 Å². The summed E-state index contributed by atoms with van der Waals surface area (Å²) in [5.41, 5.74) is 3.29. The number of halogens is 1. The van der Waals surface area contributed by atoms with Gasteiger partial charge in [0.1, 0.15) is 5.76 Å². The van der Waals surface area contributed by atoms with Gasteiger partial charge in [-0.3, -0.25) is 0 Å². The fourth-order valence-corrected chi connectivity index (χ4v) is 1.82. The lowest BCUT2D eigenvalue weighted by molar-refractivity contribution is 0.232. The van der Waals surface area contributed by atoms with Gasteiger partial charge in [0.05, 0.1) is 11.8 Å². The maximum absolute atomic E-state index is 9.78. The number of nitrogens with one attached hydrogen (secondary N) is 1. The Morgan fingerprint density at radius 3 is 2.75 bits per heavy atom. The zero-order chi connectivity index (χ0) is 10.3. The molecule has 1 aliphatic heterocycles. The molecule has 0 saturated heterocycles. The standard InChI is InChI=1S/C12H9NO2.ClH/c14-10-7-13-15-11-6-5-8-3-1-2-4-9(8)12(10)11;/h1-7,13-14H;1H. The van der Waals surface area contributed by atoms with Crippen LogP contribution in [0, 0.1) is 0 Å². The van der Waals surface area contributed by atoms with Crippen molar-refractivity contribution < 1.29 is 9.94 Å². The molecule has 0 radical (unpaired) electrons. The fraction of sp³-hybridized carbons (Fsp3) is 0. The second-order valence-electron chi connectivity index (χ2n) is 3.41. The lowest BCUT2D eigenvalue weighted by Gasteiger charge is -2.17. The second kappa shape index (κ2) is 3.94. The van der Waals surface area contributed by atoms with Crippen LogP contribution in [0.5, 0.6) is 5.75 Å². The third-order valence-electron chi connectivity index (χ3n) is 2.51. The second-order valence-corrected chi connectivity index (χ2v) is 3.41. The van der Waals surface area contributed by atoms with E-state index < -0.39 is 0 Å². The van der Waals surface area contributed by atoms with Crippen molar-refractivity contribution in [3.8, 4) is 5.75 Å². The number of hydrogen-bond acceptors (Lipinski definition) is 3. The zero-order valence-electron chi connectivity index (χ0n) is 8.31. The van der Waals surface area contributed by atoms with E-state index in [4.69, 9.17) is 4.84 Å². The van der Waals surface area contributed by atoms with Crippen LogP contribution in [0.4, 0.5) is 0 Å². The van der Waals surface area contributed by atoms with Gasteiger partial charge in [-0.1, -0.05) is 30.3 Å². The molecule has 3 nitrogen and oxygen atoms in total. The third kappa shape index (κ3) is 1.46. The highest BCUT2D eigenvalue weighted by atomic mass is 35.5. The number of benzene rings is 2. The molecule has 0 bridgehead atoms. The first-order valence-corrected chi connectivity index (χ1v) is 4.70. The Balaban J connectivity index is 0.000000963. The molecule has 0 atom stereocenters. The van der Waals surface area contributed by atoms with Crippen molar-refractivity contribution in [2.45, 2.75) is 0 Å². The molecule has 1 heterocycles. The quantitative estimate of drug-likeness (QED) is 0.738. The monoisotopic (exact) mass is 235 g/mol. The molecule has 16 heavy (non-hydrogen) atoms. The van der Waals surface area contributed by atoms with Gasteiger partial charge < -0.3 is 9.94 Å². The summed E-state index contributed by atoms with van der Waals surface area (Å²) in [5.74, 6) is 0.849. The summed E-state index contributed by atoms with van der Waals surface area (Å²) in [6, 6.07) is 11.7. The molecule has 0 amide bonds. The summed E-state index contributed by atoms with van der Waals surface area (Å²) < 4.78 is 0. The predicted octanol–water partition coefficient (Wildman–Crippen LogP) is 3.02. The number of hydroxylamine groups is 1. The Morgan fingerprint density at radius 1 is 1.06 bits per heavy atom. The average molecular weight is 236 g/mol. The van der Waals surface area contributed by atoms with Crippen LogP contribution in [-0.2, 0) is 0 Å². The number of aliphatic hydroxyl groups excluding tert-OH is 1. The van der Waals surface area contributed by atoms with Gasteiger partial charge in [0.2, 0.25) is 0 Å². The molecule has 2 aromatic carbocycles. The molecule has 4 heteroatoms. The van der Waals surface area contributed by atoms with Crippen molar-refractivity contribution in [1.29, 1.82) is 0 Å². The summed E-state index contributed by atoms with van der Waals surface area (Å²) in [5, 5.41) is 11.9. The van der Waals surface area contributed by atoms with Crippen LogP contribution in [-0.4, -0.2) is 5.11 Å². The number of hydrogen-bond donors (Lipinski definition) is 2.